The molecule has 1 fully saturated rings. The van der Waals surface area contributed by atoms with Crippen LogP contribution in [0.2, 0.25) is 0 Å². The summed E-state index contributed by atoms with van der Waals surface area (Å²) in [6.07, 6.45) is 1.53. The molecular formula is C18H16BrN3O2S. The number of nitrogens with one attached hydrogen (secondary N) is 1. The Morgan fingerprint density at radius 2 is 2.20 bits per heavy atom. The second-order valence-corrected chi connectivity index (χ2v) is 7.42. The van der Waals surface area contributed by atoms with Crippen LogP contribution in [-0.4, -0.2) is 35.8 Å². The minimum Gasteiger partial charge on any atom is -0.343 e. The Hall–Kier alpha value is -2.04. The lowest BCUT2D eigenvalue weighted by Gasteiger charge is -2.19. The molecule has 1 atom stereocenters. The van der Waals surface area contributed by atoms with E-state index in [0.717, 1.165) is 22.1 Å². The fraction of sp³-hybridized carbons (Fsp3) is 0.278. The van der Waals surface area contributed by atoms with E-state index in [1.54, 1.807) is 11.0 Å². The number of hydrogen-bond acceptors (Lipinski definition) is 4. The van der Waals surface area contributed by atoms with Crippen LogP contribution < -0.4 is 5.32 Å². The first-order chi connectivity index (χ1) is 12.1. The smallest absolute Gasteiger partial charge is 0.252 e. The lowest BCUT2D eigenvalue weighted by Crippen LogP contribution is -2.42. The SMILES string of the molecule is N#CC1CCCN1C(=O)CNC(=O)c1cccc2ccc(SBr)cc12. The van der Waals surface area contributed by atoms with Crippen molar-refractivity contribution in [2.75, 3.05) is 13.1 Å². The molecule has 1 saturated heterocycles. The summed E-state index contributed by atoms with van der Waals surface area (Å²) in [5.74, 6) is -0.502. The Bertz CT molecular complexity index is 865. The van der Waals surface area contributed by atoms with E-state index >= 15 is 0 Å². The zero-order chi connectivity index (χ0) is 17.8. The van der Waals surface area contributed by atoms with Gasteiger partial charge in [-0.15, -0.1) is 0 Å². The van der Waals surface area contributed by atoms with Crippen LogP contribution >= 0.6 is 25.0 Å². The van der Waals surface area contributed by atoms with Crippen LogP contribution in [0.1, 0.15) is 23.2 Å². The number of amides is 2. The Morgan fingerprint density at radius 1 is 1.36 bits per heavy atom. The van der Waals surface area contributed by atoms with Crippen LogP contribution in [0, 0.1) is 11.3 Å². The number of carbonyl (C=O) groups is 2. The molecule has 0 aliphatic carbocycles. The maximum atomic E-state index is 12.6. The van der Waals surface area contributed by atoms with Gasteiger partial charge in [0.25, 0.3) is 5.91 Å². The van der Waals surface area contributed by atoms with E-state index in [1.165, 1.54) is 10.2 Å². The first-order valence-corrected chi connectivity index (χ1v) is 10.6. The summed E-state index contributed by atoms with van der Waals surface area (Å²) in [5.41, 5.74) is 0.534. The highest BCUT2D eigenvalue weighted by molar-refractivity contribution is 9.50. The molecule has 2 amide bonds. The van der Waals surface area contributed by atoms with Crippen molar-refractivity contribution in [2.24, 2.45) is 0 Å². The van der Waals surface area contributed by atoms with Gasteiger partial charge >= 0.3 is 0 Å². The number of halogens is 1. The summed E-state index contributed by atoms with van der Waals surface area (Å²) in [6.45, 7) is 0.479. The van der Waals surface area contributed by atoms with E-state index in [9.17, 15) is 9.59 Å². The van der Waals surface area contributed by atoms with E-state index in [2.05, 4.69) is 26.2 Å². The van der Waals surface area contributed by atoms with Crippen molar-refractivity contribution in [3.63, 3.8) is 0 Å². The van der Waals surface area contributed by atoms with Crippen LogP contribution in [0.3, 0.4) is 0 Å². The average Bonchev–Trinajstić information content (AvgIpc) is 3.13. The molecule has 7 heteroatoms. The van der Waals surface area contributed by atoms with Crippen molar-refractivity contribution in [1.82, 2.24) is 10.2 Å². The van der Waals surface area contributed by atoms with Crippen molar-refractivity contribution >= 4 is 47.6 Å². The molecule has 128 valence electrons. The van der Waals surface area contributed by atoms with Crippen LogP contribution in [0.25, 0.3) is 10.8 Å². The molecule has 0 aromatic heterocycles. The van der Waals surface area contributed by atoms with Crippen LogP contribution in [0.5, 0.6) is 0 Å². The summed E-state index contributed by atoms with van der Waals surface area (Å²) >= 11 is 3.34. The first kappa shape index (κ1) is 17.8. The highest BCUT2D eigenvalue weighted by atomic mass is 79.9. The molecule has 2 aromatic rings. The number of fused-ring (bicyclic) bond motifs is 1. The molecule has 0 radical (unpaired) electrons. The second kappa shape index (κ2) is 7.89. The first-order valence-electron chi connectivity index (χ1n) is 7.92. The molecule has 0 bridgehead atoms. The second-order valence-electron chi connectivity index (χ2n) is 5.82. The van der Waals surface area contributed by atoms with Gasteiger partial charge in [0, 0.05) is 17.0 Å². The Labute approximate surface area is 157 Å². The van der Waals surface area contributed by atoms with Crippen LogP contribution in [0.15, 0.2) is 41.3 Å². The Morgan fingerprint density at radius 3 is 2.96 bits per heavy atom. The van der Waals surface area contributed by atoms with Crippen molar-refractivity contribution in [2.45, 2.75) is 23.8 Å². The van der Waals surface area contributed by atoms with E-state index in [1.807, 2.05) is 30.3 Å². The number of carbonyl (C=O) groups excluding carboxylic acids is 2. The number of nitriles is 1. The molecule has 0 saturated carbocycles. The Balaban J connectivity index is 1.74. The van der Waals surface area contributed by atoms with Crippen LogP contribution in [-0.2, 0) is 4.79 Å². The molecular weight excluding hydrogens is 402 g/mol. The summed E-state index contributed by atoms with van der Waals surface area (Å²) in [7, 11) is 1.43. The average molecular weight is 418 g/mol. The van der Waals surface area contributed by atoms with E-state index in [-0.39, 0.29) is 24.4 Å². The third-order valence-electron chi connectivity index (χ3n) is 4.31. The number of hydrogen-bond donors (Lipinski definition) is 1. The maximum absolute atomic E-state index is 12.6. The molecule has 1 heterocycles. The number of rotatable bonds is 4. The lowest BCUT2D eigenvalue weighted by atomic mass is 10.0. The third kappa shape index (κ3) is 3.80. The van der Waals surface area contributed by atoms with Gasteiger partial charge in [-0.1, -0.05) is 18.2 Å². The molecule has 25 heavy (non-hydrogen) atoms. The van der Waals surface area contributed by atoms with Gasteiger partial charge in [0.2, 0.25) is 5.91 Å². The molecule has 0 spiro atoms. The number of benzene rings is 2. The summed E-state index contributed by atoms with van der Waals surface area (Å²) < 4.78 is 0. The Kier molecular flexibility index (Phi) is 5.61. The predicted octanol–water partition coefficient (Wildman–Crippen LogP) is 3.49. The third-order valence-corrected chi connectivity index (χ3v) is 5.86. The molecule has 1 aliphatic rings. The number of likely N-dealkylation sites (tertiary alicyclic amines) is 1. The fourth-order valence-electron chi connectivity index (χ4n) is 3.05. The standard InChI is InChI=1S/C18H16BrN3O2S/c19-25-14-7-6-12-3-1-5-15(16(12)9-14)18(24)21-11-17(23)22-8-2-4-13(22)10-20/h1,3,5-7,9,13H,2,4,8,11H2,(H,21,24). The monoisotopic (exact) mass is 417 g/mol. The van der Waals surface area contributed by atoms with E-state index < -0.39 is 0 Å². The lowest BCUT2D eigenvalue weighted by molar-refractivity contribution is -0.130. The molecule has 1 aliphatic heterocycles. The van der Waals surface area contributed by atoms with Crippen molar-refractivity contribution in [3.05, 3.63) is 42.0 Å². The van der Waals surface area contributed by atoms with Crippen molar-refractivity contribution < 1.29 is 9.59 Å². The topological polar surface area (TPSA) is 73.2 Å². The summed E-state index contributed by atoms with van der Waals surface area (Å²) in [5, 5.41) is 13.6. The largest absolute Gasteiger partial charge is 0.343 e. The van der Waals surface area contributed by atoms with Crippen LogP contribution in [0.4, 0.5) is 0 Å². The van der Waals surface area contributed by atoms with Gasteiger partial charge in [-0.05, 0) is 66.8 Å². The van der Waals surface area contributed by atoms with Gasteiger partial charge < -0.3 is 10.2 Å². The van der Waals surface area contributed by atoms with Gasteiger partial charge in [-0.25, -0.2) is 0 Å². The quantitative estimate of drug-likeness (QED) is 0.825. The fourth-order valence-corrected chi connectivity index (χ4v) is 3.94. The molecule has 1 unspecified atom stereocenters. The minimum absolute atomic E-state index is 0.0969. The highest BCUT2D eigenvalue weighted by Crippen LogP contribution is 2.29. The zero-order valence-corrected chi connectivity index (χ0v) is 15.8. The van der Waals surface area contributed by atoms with Gasteiger partial charge in [0.1, 0.15) is 6.04 Å². The minimum atomic E-state index is -0.375. The summed E-state index contributed by atoms with van der Waals surface area (Å²) in [6, 6.07) is 13.2. The van der Waals surface area contributed by atoms with Gasteiger partial charge in [-0.3, -0.25) is 9.59 Å². The van der Waals surface area contributed by atoms with Crippen molar-refractivity contribution in [3.8, 4) is 6.07 Å². The summed E-state index contributed by atoms with van der Waals surface area (Å²) in [4.78, 5) is 27.4. The zero-order valence-electron chi connectivity index (χ0n) is 13.4. The molecule has 1 N–H and O–H groups in total. The van der Waals surface area contributed by atoms with E-state index in [0.29, 0.717) is 18.5 Å². The molecule has 2 aromatic carbocycles. The highest BCUT2D eigenvalue weighted by Gasteiger charge is 2.28. The van der Waals surface area contributed by atoms with E-state index in [4.69, 9.17) is 5.26 Å². The van der Waals surface area contributed by atoms with Gasteiger partial charge in [-0.2, -0.15) is 5.26 Å². The molecule has 5 nitrogen and oxygen atoms in total. The molecule has 3 rings (SSSR count). The van der Waals surface area contributed by atoms with Gasteiger partial charge in [0.05, 0.1) is 12.6 Å². The maximum Gasteiger partial charge on any atom is 0.252 e. The number of nitrogens with zero attached hydrogens (tertiary/aromatic N) is 2. The normalized spacial score (nSPS) is 16.6. The van der Waals surface area contributed by atoms with Crippen molar-refractivity contribution in [1.29, 1.82) is 5.26 Å². The van der Waals surface area contributed by atoms with Gasteiger partial charge in [0.15, 0.2) is 0 Å². The predicted molar refractivity (Wildman–Crippen MR) is 101 cm³/mol.